The number of hydrogen-bond donors (Lipinski definition) is 0. The van der Waals surface area contributed by atoms with E-state index in [2.05, 4.69) is 0 Å². The molecule has 0 radical (unpaired) electrons. The van der Waals surface area contributed by atoms with Gasteiger partial charge in [-0.3, -0.25) is 9.59 Å². The molecular weight excluding hydrogens is 176 g/mol. The van der Waals surface area contributed by atoms with Crippen molar-refractivity contribution in [3.05, 3.63) is 34.9 Å². The summed E-state index contributed by atoms with van der Waals surface area (Å²) in [6.07, 6.45) is 0. The number of rotatable bonds is 2. The molecule has 76 valence electrons. The molecule has 0 fully saturated rings. The third kappa shape index (κ3) is 2.80. The highest BCUT2D eigenvalue weighted by atomic mass is 16.1. The van der Waals surface area contributed by atoms with Crippen LogP contribution in [0.2, 0.25) is 0 Å². The first-order valence-corrected chi connectivity index (χ1v) is 4.14. The molecule has 0 aliphatic carbocycles. The summed E-state index contributed by atoms with van der Waals surface area (Å²) in [6, 6.07) is 5.21. The summed E-state index contributed by atoms with van der Waals surface area (Å²) in [5.41, 5.74) is 2.15. The normalized spacial score (nSPS) is 9.07. The zero-order valence-electron chi connectivity index (χ0n) is 8.05. The SMILES string of the molecule is C.CC(=O)c1cc(C)cc(C(C)=O)c1. The second kappa shape index (κ2) is 4.70. The Labute approximate surface area is 84.9 Å². The van der Waals surface area contributed by atoms with Gasteiger partial charge in [-0.25, -0.2) is 0 Å². The second-order valence-electron chi connectivity index (χ2n) is 3.20. The van der Waals surface area contributed by atoms with Gasteiger partial charge in [0.1, 0.15) is 0 Å². The largest absolute Gasteiger partial charge is 0.295 e. The molecule has 0 aliphatic rings. The molecule has 14 heavy (non-hydrogen) atoms. The number of carbonyl (C=O) groups excluding carboxylic acids is 2. The molecule has 2 nitrogen and oxygen atoms in total. The quantitative estimate of drug-likeness (QED) is 0.675. The highest BCUT2D eigenvalue weighted by Crippen LogP contribution is 2.10. The van der Waals surface area contributed by atoms with Crippen molar-refractivity contribution in [2.45, 2.75) is 28.2 Å². The third-order valence-electron chi connectivity index (χ3n) is 1.89. The van der Waals surface area contributed by atoms with E-state index in [0.29, 0.717) is 11.1 Å². The molecular formula is C12H16O2. The minimum atomic E-state index is -0.00815. The molecule has 0 unspecified atom stereocenters. The van der Waals surface area contributed by atoms with Gasteiger partial charge in [0.25, 0.3) is 0 Å². The smallest absolute Gasteiger partial charge is 0.159 e. The Bertz CT molecular complexity index is 332. The fourth-order valence-electron chi connectivity index (χ4n) is 1.19. The van der Waals surface area contributed by atoms with Gasteiger partial charge >= 0.3 is 0 Å². The molecule has 0 atom stereocenters. The third-order valence-corrected chi connectivity index (χ3v) is 1.89. The van der Waals surface area contributed by atoms with Gasteiger partial charge in [-0.1, -0.05) is 7.43 Å². The van der Waals surface area contributed by atoms with Crippen molar-refractivity contribution in [1.82, 2.24) is 0 Å². The van der Waals surface area contributed by atoms with Gasteiger partial charge in [0.05, 0.1) is 0 Å². The Morgan fingerprint density at radius 2 is 1.29 bits per heavy atom. The summed E-state index contributed by atoms with van der Waals surface area (Å²) in [5, 5.41) is 0. The lowest BCUT2D eigenvalue weighted by molar-refractivity contribution is 0.101. The number of ketones is 2. The van der Waals surface area contributed by atoms with Gasteiger partial charge in [-0.05, 0) is 44.5 Å². The first kappa shape index (κ1) is 12.6. The average Bonchev–Trinajstić information content (AvgIpc) is 2.03. The van der Waals surface area contributed by atoms with E-state index in [9.17, 15) is 9.59 Å². The van der Waals surface area contributed by atoms with E-state index in [1.54, 1.807) is 18.2 Å². The molecule has 0 aliphatic heterocycles. The Morgan fingerprint density at radius 3 is 1.57 bits per heavy atom. The van der Waals surface area contributed by atoms with Gasteiger partial charge < -0.3 is 0 Å². The standard InChI is InChI=1S/C11H12O2.CH4/c1-7-4-10(8(2)12)6-11(5-7)9(3)13;/h4-6H,1-3H3;1H4. The maximum Gasteiger partial charge on any atom is 0.159 e. The minimum absolute atomic E-state index is 0. The van der Waals surface area contributed by atoms with Crippen LogP contribution in [0.4, 0.5) is 0 Å². The predicted octanol–water partition coefficient (Wildman–Crippen LogP) is 3.04. The zero-order chi connectivity index (χ0) is 10.0. The Balaban J connectivity index is 0.00000169. The molecule has 0 bridgehead atoms. The Hall–Kier alpha value is -1.44. The van der Waals surface area contributed by atoms with E-state index in [0.717, 1.165) is 5.56 Å². The van der Waals surface area contributed by atoms with Crippen molar-refractivity contribution in [2.75, 3.05) is 0 Å². The summed E-state index contributed by atoms with van der Waals surface area (Å²) in [6.45, 7) is 4.87. The van der Waals surface area contributed by atoms with Gasteiger partial charge in [0.15, 0.2) is 11.6 Å². The summed E-state index contributed by atoms with van der Waals surface area (Å²) in [4.78, 5) is 22.1. The summed E-state index contributed by atoms with van der Waals surface area (Å²) < 4.78 is 0. The van der Waals surface area contributed by atoms with E-state index in [1.807, 2.05) is 6.92 Å². The first-order valence-electron chi connectivity index (χ1n) is 4.14. The van der Waals surface area contributed by atoms with E-state index < -0.39 is 0 Å². The van der Waals surface area contributed by atoms with Crippen LogP contribution in [0.1, 0.15) is 47.6 Å². The molecule has 1 aromatic carbocycles. The monoisotopic (exact) mass is 192 g/mol. The van der Waals surface area contributed by atoms with Crippen LogP contribution in [0.3, 0.4) is 0 Å². The number of aryl methyl sites for hydroxylation is 1. The van der Waals surface area contributed by atoms with E-state index in [4.69, 9.17) is 0 Å². The van der Waals surface area contributed by atoms with Crippen LogP contribution in [-0.2, 0) is 0 Å². The van der Waals surface area contributed by atoms with Crippen LogP contribution in [0.25, 0.3) is 0 Å². The van der Waals surface area contributed by atoms with Crippen LogP contribution in [0, 0.1) is 6.92 Å². The zero-order valence-corrected chi connectivity index (χ0v) is 8.05. The highest BCUT2D eigenvalue weighted by Gasteiger charge is 2.05. The summed E-state index contributed by atoms with van der Waals surface area (Å²) >= 11 is 0. The molecule has 1 aromatic rings. The van der Waals surface area contributed by atoms with Gasteiger partial charge in [-0.2, -0.15) is 0 Å². The summed E-state index contributed by atoms with van der Waals surface area (Å²) in [5.74, 6) is -0.0163. The lowest BCUT2D eigenvalue weighted by atomic mass is 10.0. The van der Waals surface area contributed by atoms with Crippen molar-refractivity contribution >= 4 is 11.6 Å². The van der Waals surface area contributed by atoms with Crippen molar-refractivity contribution in [2.24, 2.45) is 0 Å². The first-order chi connectivity index (χ1) is 6.00. The van der Waals surface area contributed by atoms with Crippen LogP contribution < -0.4 is 0 Å². The summed E-state index contributed by atoms with van der Waals surface area (Å²) in [7, 11) is 0. The number of Topliss-reactive ketones (excluding diaryl/α,β-unsaturated/α-hetero) is 2. The van der Waals surface area contributed by atoms with E-state index in [1.165, 1.54) is 13.8 Å². The molecule has 0 saturated carbocycles. The fourth-order valence-corrected chi connectivity index (χ4v) is 1.19. The van der Waals surface area contributed by atoms with Crippen molar-refractivity contribution in [1.29, 1.82) is 0 Å². The van der Waals surface area contributed by atoms with Crippen molar-refractivity contribution in [3.63, 3.8) is 0 Å². The Morgan fingerprint density at radius 1 is 0.929 bits per heavy atom. The maximum atomic E-state index is 11.1. The number of carbonyl (C=O) groups is 2. The van der Waals surface area contributed by atoms with Gasteiger partial charge in [0.2, 0.25) is 0 Å². The molecule has 0 spiro atoms. The molecule has 0 heterocycles. The Kier molecular flexibility index (Phi) is 4.22. The molecule has 0 N–H and O–H groups in total. The van der Waals surface area contributed by atoms with Crippen molar-refractivity contribution < 1.29 is 9.59 Å². The molecule has 1 rings (SSSR count). The van der Waals surface area contributed by atoms with Crippen molar-refractivity contribution in [3.8, 4) is 0 Å². The molecule has 0 saturated heterocycles. The molecule has 2 heteroatoms. The lowest BCUT2D eigenvalue weighted by Crippen LogP contribution is -1.99. The van der Waals surface area contributed by atoms with Gasteiger partial charge in [0, 0.05) is 11.1 Å². The minimum Gasteiger partial charge on any atom is -0.295 e. The maximum absolute atomic E-state index is 11.1. The van der Waals surface area contributed by atoms with Gasteiger partial charge in [-0.15, -0.1) is 0 Å². The predicted molar refractivity (Wildman–Crippen MR) is 57.9 cm³/mol. The van der Waals surface area contributed by atoms with Crippen LogP contribution >= 0.6 is 0 Å². The number of hydrogen-bond acceptors (Lipinski definition) is 2. The average molecular weight is 192 g/mol. The lowest BCUT2D eigenvalue weighted by Gasteiger charge is -2.01. The van der Waals surface area contributed by atoms with E-state index >= 15 is 0 Å². The fraction of sp³-hybridized carbons (Fsp3) is 0.333. The molecule has 0 amide bonds. The van der Waals surface area contributed by atoms with E-state index in [-0.39, 0.29) is 19.0 Å². The van der Waals surface area contributed by atoms with Crippen LogP contribution in [0.5, 0.6) is 0 Å². The van der Waals surface area contributed by atoms with Crippen LogP contribution in [-0.4, -0.2) is 11.6 Å². The number of benzene rings is 1. The van der Waals surface area contributed by atoms with Crippen LogP contribution in [0.15, 0.2) is 18.2 Å². The molecule has 0 aromatic heterocycles. The topological polar surface area (TPSA) is 34.1 Å². The second-order valence-corrected chi connectivity index (χ2v) is 3.20. The highest BCUT2D eigenvalue weighted by molar-refractivity contribution is 5.99.